The molecular weight excluding hydrogens is 172 g/mol. The molecular formula is C12H27N2+. The van der Waals surface area contributed by atoms with Crippen molar-refractivity contribution in [2.45, 2.75) is 46.6 Å². The molecule has 0 aromatic carbocycles. The largest absolute Gasteiger partial charge is 0.308 e. The van der Waals surface area contributed by atoms with Gasteiger partial charge in [0.05, 0.1) is 19.6 Å². The van der Waals surface area contributed by atoms with E-state index >= 15 is 0 Å². The van der Waals surface area contributed by atoms with Crippen molar-refractivity contribution in [1.29, 1.82) is 0 Å². The van der Waals surface area contributed by atoms with E-state index in [-0.39, 0.29) is 0 Å². The fraction of sp³-hybridized carbons (Fsp3) is 1.00. The molecule has 1 rings (SSSR count). The predicted molar refractivity (Wildman–Crippen MR) is 62.2 cm³/mol. The number of quaternary nitrogens is 1. The maximum Gasteiger partial charge on any atom is 0.135 e. The van der Waals surface area contributed by atoms with Crippen molar-refractivity contribution in [2.24, 2.45) is 0 Å². The van der Waals surface area contributed by atoms with Crippen molar-refractivity contribution >= 4 is 0 Å². The summed E-state index contributed by atoms with van der Waals surface area (Å²) in [6.07, 6.45) is 2.63. The number of likely N-dealkylation sites (N-methyl/N-ethyl adjacent to an activating group) is 1. The molecule has 1 aliphatic heterocycles. The minimum atomic E-state index is 0.886. The Morgan fingerprint density at radius 3 is 2.14 bits per heavy atom. The second kappa shape index (κ2) is 5.13. The summed E-state index contributed by atoms with van der Waals surface area (Å²) >= 11 is 0. The van der Waals surface area contributed by atoms with Crippen molar-refractivity contribution in [3.63, 3.8) is 0 Å². The molecule has 1 heterocycles. The lowest BCUT2D eigenvalue weighted by molar-refractivity contribution is -0.939. The third-order valence-electron chi connectivity index (χ3n) is 4.00. The van der Waals surface area contributed by atoms with E-state index in [9.17, 15) is 0 Å². The molecule has 84 valence electrons. The highest BCUT2D eigenvalue weighted by atomic mass is 15.5. The summed E-state index contributed by atoms with van der Waals surface area (Å²) in [4.78, 5) is 2.65. The quantitative estimate of drug-likeness (QED) is 0.614. The van der Waals surface area contributed by atoms with E-state index in [1.807, 2.05) is 0 Å². The van der Waals surface area contributed by atoms with E-state index in [4.69, 9.17) is 0 Å². The smallest absolute Gasteiger partial charge is 0.135 e. The summed E-state index contributed by atoms with van der Waals surface area (Å²) < 4.78 is 1.33. The lowest BCUT2D eigenvalue weighted by Crippen LogP contribution is -2.52. The minimum Gasteiger partial charge on any atom is -0.308 e. The van der Waals surface area contributed by atoms with Gasteiger partial charge in [-0.3, -0.25) is 4.90 Å². The fourth-order valence-electron chi connectivity index (χ4n) is 2.98. The highest BCUT2D eigenvalue weighted by molar-refractivity contribution is 4.71. The summed E-state index contributed by atoms with van der Waals surface area (Å²) in [5, 5.41) is 0. The molecule has 0 radical (unpaired) electrons. The Morgan fingerprint density at radius 2 is 1.79 bits per heavy atom. The predicted octanol–water partition coefficient (Wildman–Crippen LogP) is 2.30. The van der Waals surface area contributed by atoms with E-state index in [1.165, 1.54) is 50.2 Å². The zero-order valence-corrected chi connectivity index (χ0v) is 10.4. The van der Waals surface area contributed by atoms with Crippen molar-refractivity contribution in [3.05, 3.63) is 0 Å². The normalized spacial score (nSPS) is 27.0. The zero-order chi connectivity index (χ0) is 10.6. The van der Waals surface area contributed by atoms with Crippen LogP contribution in [0, 0.1) is 0 Å². The number of nitrogens with zero attached hydrogens (tertiary/aromatic N) is 2. The Balaban J connectivity index is 2.65. The van der Waals surface area contributed by atoms with E-state index < -0.39 is 0 Å². The summed E-state index contributed by atoms with van der Waals surface area (Å²) in [6.45, 7) is 15.8. The average Bonchev–Trinajstić information content (AvgIpc) is 2.57. The van der Waals surface area contributed by atoms with Gasteiger partial charge in [0, 0.05) is 6.54 Å². The van der Waals surface area contributed by atoms with Crippen LogP contribution in [0.5, 0.6) is 0 Å². The van der Waals surface area contributed by atoms with Gasteiger partial charge in [-0.05, 0) is 26.7 Å². The van der Waals surface area contributed by atoms with Gasteiger partial charge >= 0.3 is 0 Å². The second-order valence-corrected chi connectivity index (χ2v) is 4.63. The van der Waals surface area contributed by atoms with Crippen LogP contribution < -0.4 is 0 Å². The molecule has 1 aliphatic rings. The van der Waals surface area contributed by atoms with Gasteiger partial charge in [-0.1, -0.05) is 13.8 Å². The van der Waals surface area contributed by atoms with Gasteiger partial charge in [-0.25, -0.2) is 0 Å². The van der Waals surface area contributed by atoms with Gasteiger partial charge in [0.2, 0.25) is 0 Å². The molecule has 1 fully saturated rings. The molecule has 1 unspecified atom stereocenters. The minimum absolute atomic E-state index is 0.886. The summed E-state index contributed by atoms with van der Waals surface area (Å²) in [5.41, 5.74) is 0. The van der Waals surface area contributed by atoms with Crippen LogP contribution in [-0.4, -0.2) is 48.3 Å². The molecule has 0 aromatic rings. The Hall–Kier alpha value is -0.0800. The Bertz CT molecular complexity index is 164. The maximum atomic E-state index is 2.65. The molecule has 2 nitrogen and oxygen atoms in total. The van der Waals surface area contributed by atoms with Crippen LogP contribution in [0.1, 0.15) is 40.5 Å². The molecule has 0 aliphatic carbocycles. The highest BCUT2D eigenvalue weighted by Crippen LogP contribution is 2.25. The van der Waals surface area contributed by atoms with E-state index in [2.05, 4.69) is 32.6 Å². The van der Waals surface area contributed by atoms with Crippen LogP contribution in [-0.2, 0) is 0 Å². The van der Waals surface area contributed by atoms with Crippen LogP contribution in [0.2, 0.25) is 0 Å². The lowest BCUT2D eigenvalue weighted by atomic mass is 10.1. The SMILES string of the molecule is CCCN1CC(CC)[N+](CC)(CC)C1. The second-order valence-electron chi connectivity index (χ2n) is 4.63. The van der Waals surface area contributed by atoms with Gasteiger partial charge in [-0.2, -0.15) is 0 Å². The van der Waals surface area contributed by atoms with Crippen LogP contribution in [0.3, 0.4) is 0 Å². The molecule has 1 saturated heterocycles. The first kappa shape index (κ1) is 12.0. The third kappa shape index (κ3) is 2.12. The van der Waals surface area contributed by atoms with Crippen molar-refractivity contribution < 1.29 is 4.48 Å². The van der Waals surface area contributed by atoms with Gasteiger partial charge in [0.1, 0.15) is 12.7 Å². The van der Waals surface area contributed by atoms with Crippen molar-refractivity contribution in [1.82, 2.24) is 4.90 Å². The van der Waals surface area contributed by atoms with Gasteiger partial charge < -0.3 is 4.48 Å². The van der Waals surface area contributed by atoms with Crippen molar-refractivity contribution in [3.8, 4) is 0 Å². The van der Waals surface area contributed by atoms with Crippen molar-refractivity contribution in [2.75, 3.05) is 32.8 Å². The first-order chi connectivity index (χ1) is 6.72. The van der Waals surface area contributed by atoms with E-state index in [1.54, 1.807) is 0 Å². The van der Waals surface area contributed by atoms with E-state index in [0.717, 1.165) is 6.04 Å². The monoisotopic (exact) mass is 199 g/mol. The summed E-state index contributed by atoms with van der Waals surface area (Å²) in [7, 11) is 0. The maximum absolute atomic E-state index is 2.65. The Labute approximate surface area is 89.5 Å². The molecule has 0 aromatic heterocycles. The molecule has 0 saturated carbocycles. The third-order valence-corrected chi connectivity index (χ3v) is 4.00. The first-order valence-corrected chi connectivity index (χ1v) is 6.30. The van der Waals surface area contributed by atoms with E-state index in [0.29, 0.717) is 0 Å². The Morgan fingerprint density at radius 1 is 1.14 bits per heavy atom. The fourth-order valence-corrected chi connectivity index (χ4v) is 2.98. The molecule has 1 atom stereocenters. The molecule has 0 spiro atoms. The highest BCUT2D eigenvalue weighted by Gasteiger charge is 2.41. The molecule has 0 bridgehead atoms. The van der Waals surface area contributed by atoms with Crippen LogP contribution >= 0.6 is 0 Å². The number of hydrogen-bond donors (Lipinski definition) is 0. The number of hydrogen-bond acceptors (Lipinski definition) is 1. The molecule has 14 heavy (non-hydrogen) atoms. The van der Waals surface area contributed by atoms with Crippen LogP contribution in [0.4, 0.5) is 0 Å². The topological polar surface area (TPSA) is 3.24 Å². The van der Waals surface area contributed by atoms with Crippen LogP contribution in [0.15, 0.2) is 0 Å². The van der Waals surface area contributed by atoms with Crippen LogP contribution in [0.25, 0.3) is 0 Å². The molecule has 0 N–H and O–H groups in total. The zero-order valence-electron chi connectivity index (χ0n) is 10.4. The Kier molecular flexibility index (Phi) is 4.39. The molecule has 2 heteroatoms. The first-order valence-electron chi connectivity index (χ1n) is 6.30. The lowest BCUT2D eigenvalue weighted by Gasteiger charge is -2.37. The standard InChI is InChI=1S/C12H27N2/c1-5-9-13-10-12(6-2)14(7-3,8-4)11-13/h12H,5-11H2,1-4H3/q+1. The average molecular weight is 199 g/mol. The van der Waals surface area contributed by atoms with Gasteiger partial charge in [0.25, 0.3) is 0 Å². The number of rotatable bonds is 5. The van der Waals surface area contributed by atoms with Gasteiger partial charge in [0.15, 0.2) is 0 Å². The van der Waals surface area contributed by atoms with Gasteiger partial charge in [-0.15, -0.1) is 0 Å². The summed E-state index contributed by atoms with van der Waals surface area (Å²) in [5.74, 6) is 0. The summed E-state index contributed by atoms with van der Waals surface area (Å²) in [6, 6.07) is 0.886. The molecule has 0 amide bonds.